The monoisotopic (exact) mass is 605 g/mol. The molecular formula is C30H21Cl2N3O5S. The fraction of sp³-hybridized carbons (Fsp3) is 0.0667. The summed E-state index contributed by atoms with van der Waals surface area (Å²) in [6.07, 6.45) is 2.84. The number of hydrogen-bond donors (Lipinski definition) is 2. The molecule has 1 saturated heterocycles. The molecule has 0 saturated carbocycles. The van der Waals surface area contributed by atoms with Gasteiger partial charge in [0.05, 0.1) is 27.2 Å². The number of carbonyl (C=O) groups excluding carboxylic acids is 4. The van der Waals surface area contributed by atoms with E-state index in [1.54, 1.807) is 84.9 Å². The van der Waals surface area contributed by atoms with Crippen molar-refractivity contribution in [2.45, 2.75) is 16.6 Å². The zero-order valence-electron chi connectivity index (χ0n) is 21.2. The fourth-order valence-electron chi connectivity index (χ4n) is 4.10. The molecule has 1 fully saturated rings. The molecule has 11 heteroatoms. The van der Waals surface area contributed by atoms with Gasteiger partial charge in [-0.15, -0.1) is 11.8 Å². The number of rotatable bonds is 8. The summed E-state index contributed by atoms with van der Waals surface area (Å²) in [6, 6.07) is 23.4. The van der Waals surface area contributed by atoms with E-state index in [0.717, 1.165) is 4.90 Å². The van der Waals surface area contributed by atoms with Crippen LogP contribution in [0.1, 0.15) is 22.5 Å². The second-order valence-electron chi connectivity index (χ2n) is 8.82. The largest absolute Gasteiger partial charge is 0.465 e. The quantitative estimate of drug-likeness (QED) is 0.177. The number of nitrogens with zero attached hydrogens (tertiary/aromatic N) is 1. The number of hydrogen-bond acceptors (Lipinski definition) is 6. The van der Waals surface area contributed by atoms with Crippen LogP contribution in [0, 0.1) is 0 Å². The Morgan fingerprint density at radius 2 is 1.66 bits per heavy atom. The molecule has 0 unspecified atom stereocenters. The number of carbonyl (C=O) groups is 4. The smallest absolute Gasteiger partial charge is 0.272 e. The van der Waals surface area contributed by atoms with E-state index in [9.17, 15) is 19.2 Å². The predicted molar refractivity (Wildman–Crippen MR) is 159 cm³/mol. The summed E-state index contributed by atoms with van der Waals surface area (Å²) in [6.45, 7) is 0. The molecule has 0 bridgehead atoms. The first-order valence-electron chi connectivity index (χ1n) is 12.3. The van der Waals surface area contributed by atoms with Gasteiger partial charge in [-0.3, -0.25) is 19.2 Å². The Hall–Kier alpha value is -4.31. The molecule has 3 aromatic carbocycles. The molecule has 0 spiro atoms. The van der Waals surface area contributed by atoms with Gasteiger partial charge in [-0.2, -0.15) is 0 Å². The Labute approximate surface area is 249 Å². The molecule has 4 amide bonds. The van der Waals surface area contributed by atoms with Gasteiger partial charge < -0.3 is 15.1 Å². The van der Waals surface area contributed by atoms with Crippen molar-refractivity contribution < 1.29 is 23.6 Å². The predicted octanol–water partition coefficient (Wildman–Crippen LogP) is 6.42. The van der Waals surface area contributed by atoms with Crippen molar-refractivity contribution in [1.29, 1.82) is 0 Å². The lowest BCUT2D eigenvalue weighted by atomic mass is 10.2. The van der Waals surface area contributed by atoms with Crippen LogP contribution in [0.2, 0.25) is 10.0 Å². The van der Waals surface area contributed by atoms with Crippen molar-refractivity contribution in [1.82, 2.24) is 5.32 Å². The van der Waals surface area contributed by atoms with Crippen LogP contribution < -0.4 is 15.5 Å². The Kier molecular flexibility index (Phi) is 8.58. The molecule has 41 heavy (non-hydrogen) atoms. The molecule has 5 rings (SSSR count). The highest BCUT2D eigenvalue weighted by atomic mass is 35.5. The maximum atomic E-state index is 13.2. The topological polar surface area (TPSA) is 109 Å². The third kappa shape index (κ3) is 6.54. The highest BCUT2D eigenvalue weighted by molar-refractivity contribution is 8.00. The average molecular weight is 606 g/mol. The molecule has 1 aromatic heterocycles. The van der Waals surface area contributed by atoms with Gasteiger partial charge in [-0.05, 0) is 54.6 Å². The van der Waals surface area contributed by atoms with Gasteiger partial charge in [-0.1, -0.05) is 53.5 Å². The summed E-state index contributed by atoms with van der Waals surface area (Å²) < 4.78 is 5.33. The molecular weight excluding hydrogens is 585 g/mol. The molecule has 4 aromatic rings. The van der Waals surface area contributed by atoms with Crippen LogP contribution in [-0.2, 0) is 14.4 Å². The number of anilines is 2. The molecule has 2 N–H and O–H groups in total. The van der Waals surface area contributed by atoms with Crippen molar-refractivity contribution >= 4 is 76.0 Å². The standard InChI is InChI=1S/C30H21Cl2N3O5S/c31-22-12-5-13-23(32)27(22)35-26(36)17-25(30(35)39)41-21-11-4-9-19(15-21)33-29(38)24(16-20-10-6-14-40-20)34-28(37)18-7-2-1-3-8-18/h1-16,25H,17H2,(H,33,38)(H,34,37)/b24-16-/t25-/m0/s1. The van der Waals surface area contributed by atoms with Crippen LogP contribution in [-0.4, -0.2) is 28.9 Å². The number of nitrogens with one attached hydrogen (secondary N) is 2. The second-order valence-corrected chi connectivity index (χ2v) is 10.9. The number of furan rings is 1. The van der Waals surface area contributed by atoms with Gasteiger partial charge in [0.15, 0.2) is 0 Å². The maximum absolute atomic E-state index is 13.2. The Morgan fingerprint density at radius 1 is 0.927 bits per heavy atom. The van der Waals surface area contributed by atoms with Gasteiger partial charge >= 0.3 is 0 Å². The van der Waals surface area contributed by atoms with Crippen LogP contribution in [0.3, 0.4) is 0 Å². The van der Waals surface area contributed by atoms with E-state index < -0.39 is 28.9 Å². The number of benzene rings is 3. The van der Waals surface area contributed by atoms with E-state index >= 15 is 0 Å². The first-order valence-corrected chi connectivity index (χ1v) is 13.9. The zero-order valence-corrected chi connectivity index (χ0v) is 23.5. The van der Waals surface area contributed by atoms with Crippen LogP contribution in [0.5, 0.6) is 0 Å². The molecule has 1 aliphatic rings. The van der Waals surface area contributed by atoms with E-state index in [4.69, 9.17) is 27.6 Å². The molecule has 0 aliphatic carbocycles. The summed E-state index contributed by atoms with van der Waals surface area (Å²) >= 11 is 13.7. The fourth-order valence-corrected chi connectivity index (χ4v) is 5.78. The number of halogens is 2. The van der Waals surface area contributed by atoms with Crippen LogP contribution in [0.25, 0.3) is 6.08 Å². The van der Waals surface area contributed by atoms with Crippen molar-refractivity contribution in [3.63, 3.8) is 0 Å². The molecule has 0 radical (unpaired) electrons. The SMILES string of the molecule is O=C(Nc1cccc(S[C@H]2CC(=O)N(c3c(Cl)cccc3Cl)C2=O)c1)/C(=C/c1ccco1)NC(=O)c1ccccc1. The summed E-state index contributed by atoms with van der Waals surface area (Å²) in [7, 11) is 0. The zero-order chi connectivity index (χ0) is 28.9. The van der Waals surface area contributed by atoms with Crippen LogP contribution >= 0.6 is 35.0 Å². The number of thioether (sulfide) groups is 1. The first-order chi connectivity index (χ1) is 19.8. The van der Waals surface area contributed by atoms with Gasteiger partial charge in [0.25, 0.3) is 11.8 Å². The number of amides is 4. The number of para-hydroxylation sites is 1. The molecule has 1 atom stereocenters. The highest BCUT2D eigenvalue weighted by Crippen LogP contribution is 2.40. The third-order valence-corrected chi connectivity index (χ3v) is 7.78. The molecule has 206 valence electrons. The minimum absolute atomic E-state index is 0.0318. The summed E-state index contributed by atoms with van der Waals surface area (Å²) in [5, 5.41) is 5.11. The molecule has 8 nitrogen and oxygen atoms in total. The lowest BCUT2D eigenvalue weighted by Crippen LogP contribution is -2.31. The van der Waals surface area contributed by atoms with Gasteiger partial charge in [0.2, 0.25) is 11.8 Å². The lowest BCUT2D eigenvalue weighted by molar-refractivity contribution is -0.121. The van der Waals surface area contributed by atoms with E-state index in [2.05, 4.69) is 10.6 Å². The van der Waals surface area contributed by atoms with Crippen LogP contribution in [0.15, 0.2) is 106 Å². The summed E-state index contributed by atoms with van der Waals surface area (Å²) in [5.41, 5.74) is 0.938. The minimum atomic E-state index is -0.708. The van der Waals surface area contributed by atoms with E-state index in [1.165, 1.54) is 24.1 Å². The molecule has 1 aliphatic heterocycles. The lowest BCUT2D eigenvalue weighted by Gasteiger charge is -2.18. The Morgan fingerprint density at radius 3 is 2.37 bits per heavy atom. The normalized spacial score (nSPS) is 15.2. The van der Waals surface area contributed by atoms with E-state index in [-0.39, 0.29) is 27.9 Å². The van der Waals surface area contributed by atoms with Crippen molar-refractivity contribution in [2.75, 3.05) is 10.2 Å². The molecule has 2 heterocycles. The van der Waals surface area contributed by atoms with Crippen molar-refractivity contribution in [3.05, 3.63) is 118 Å². The number of imide groups is 1. The summed E-state index contributed by atoms with van der Waals surface area (Å²) in [5.74, 6) is -1.51. The van der Waals surface area contributed by atoms with Crippen LogP contribution in [0.4, 0.5) is 11.4 Å². The highest BCUT2D eigenvalue weighted by Gasteiger charge is 2.41. The van der Waals surface area contributed by atoms with Crippen molar-refractivity contribution in [3.8, 4) is 0 Å². The Bertz CT molecular complexity index is 1640. The van der Waals surface area contributed by atoms with E-state index in [0.29, 0.717) is 21.9 Å². The van der Waals surface area contributed by atoms with Gasteiger partial charge in [0.1, 0.15) is 11.5 Å². The minimum Gasteiger partial charge on any atom is -0.465 e. The van der Waals surface area contributed by atoms with Crippen molar-refractivity contribution in [2.24, 2.45) is 0 Å². The first kappa shape index (κ1) is 28.2. The summed E-state index contributed by atoms with van der Waals surface area (Å²) in [4.78, 5) is 53.6. The Balaban J connectivity index is 1.31. The van der Waals surface area contributed by atoms with Gasteiger partial charge in [0, 0.05) is 28.6 Å². The van der Waals surface area contributed by atoms with E-state index in [1.807, 2.05) is 0 Å². The van der Waals surface area contributed by atoms with Gasteiger partial charge in [-0.25, -0.2) is 4.90 Å². The maximum Gasteiger partial charge on any atom is 0.272 e. The third-order valence-electron chi connectivity index (χ3n) is 6.00. The second kappa shape index (κ2) is 12.5. The average Bonchev–Trinajstić information content (AvgIpc) is 3.57.